The number of non-ortho nitro benzene ring substituents is 1. The molecule has 0 aliphatic carbocycles. The van der Waals surface area contributed by atoms with Crippen molar-refractivity contribution in [2.75, 3.05) is 0 Å². The number of hydrogen-bond donors (Lipinski definition) is 0. The van der Waals surface area contributed by atoms with Crippen LogP contribution in [-0.4, -0.2) is 28.0 Å². The quantitative estimate of drug-likeness (QED) is 0.359. The van der Waals surface area contributed by atoms with Gasteiger partial charge in [-0.2, -0.15) is 10.1 Å². The molecule has 128 valence electrons. The zero-order valence-electron chi connectivity index (χ0n) is 13.9. The highest BCUT2D eigenvalue weighted by Crippen LogP contribution is 2.35. The first kappa shape index (κ1) is 16.8. The van der Waals surface area contributed by atoms with Crippen molar-refractivity contribution in [3.05, 3.63) is 51.6 Å². The summed E-state index contributed by atoms with van der Waals surface area (Å²) in [5.74, 6) is -0.953. The zero-order chi connectivity index (χ0) is 18.1. The Morgan fingerprint density at radius 3 is 2.36 bits per heavy atom. The number of imide groups is 1. The van der Waals surface area contributed by atoms with Gasteiger partial charge >= 0.3 is 0 Å². The lowest BCUT2D eigenvalue weighted by atomic mass is 9.94. The molecule has 1 aliphatic heterocycles. The second-order valence-corrected chi connectivity index (χ2v) is 5.88. The van der Waals surface area contributed by atoms with Crippen molar-refractivity contribution in [3.8, 4) is 0 Å². The molecule has 0 unspecified atom stereocenters. The van der Waals surface area contributed by atoms with Crippen LogP contribution in [0.4, 0.5) is 5.69 Å². The molecule has 0 fully saturated rings. The molecule has 1 aliphatic rings. The molecule has 2 amide bonds. The number of nitro benzene ring substituents is 1. The molecule has 0 spiro atoms. The summed E-state index contributed by atoms with van der Waals surface area (Å²) in [6.45, 7) is 4.02. The lowest BCUT2D eigenvalue weighted by molar-refractivity contribution is -0.383. The smallest absolute Gasteiger partial charge is 0.267 e. The number of hydrazone groups is 1. The van der Waals surface area contributed by atoms with Crippen LogP contribution in [0, 0.1) is 16.0 Å². The highest BCUT2D eigenvalue weighted by molar-refractivity contribution is 6.26. The molecule has 7 heteroatoms. The third-order valence-electron chi connectivity index (χ3n) is 4.50. The molecular weight excluding hydrogens is 322 g/mol. The van der Waals surface area contributed by atoms with Gasteiger partial charge in [-0.05, 0) is 37.0 Å². The Balaban J connectivity index is 2.15. The van der Waals surface area contributed by atoms with E-state index in [1.807, 2.05) is 13.8 Å². The van der Waals surface area contributed by atoms with Crippen LogP contribution in [0.25, 0.3) is 10.8 Å². The number of nitro groups is 1. The van der Waals surface area contributed by atoms with E-state index in [4.69, 9.17) is 0 Å². The first-order valence-corrected chi connectivity index (χ1v) is 8.12. The van der Waals surface area contributed by atoms with Gasteiger partial charge in [0.05, 0.1) is 21.4 Å². The molecule has 7 nitrogen and oxygen atoms in total. The van der Waals surface area contributed by atoms with E-state index in [-0.39, 0.29) is 28.1 Å². The Labute approximate surface area is 144 Å². The van der Waals surface area contributed by atoms with Crippen LogP contribution in [0.3, 0.4) is 0 Å². The minimum Gasteiger partial charge on any atom is -0.267 e. The third-order valence-corrected chi connectivity index (χ3v) is 4.50. The van der Waals surface area contributed by atoms with E-state index >= 15 is 0 Å². The summed E-state index contributed by atoms with van der Waals surface area (Å²) in [6, 6.07) is 7.36. The number of carbonyl (C=O) groups is 2. The van der Waals surface area contributed by atoms with Crippen molar-refractivity contribution in [1.29, 1.82) is 0 Å². The molecule has 0 N–H and O–H groups in total. The van der Waals surface area contributed by atoms with Crippen molar-refractivity contribution in [1.82, 2.24) is 5.01 Å². The lowest BCUT2D eigenvalue weighted by Gasteiger charge is -2.23. The normalized spacial score (nSPS) is 14.1. The van der Waals surface area contributed by atoms with E-state index in [9.17, 15) is 19.7 Å². The summed E-state index contributed by atoms with van der Waals surface area (Å²) in [7, 11) is 0. The summed E-state index contributed by atoms with van der Waals surface area (Å²) < 4.78 is 0. The number of carbonyl (C=O) groups excluding carboxylic acids is 2. The van der Waals surface area contributed by atoms with Crippen LogP contribution < -0.4 is 0 Å². The van der Waals surface area contributed by atoms with Crippen LogP contribution in [0.5, 0.6) is 0 Å². The van der Waals surface area contributed by atoms with Gasteiger partial charge in [0.15, 0.2) is 0 Å². The molecule has 0 saturated carbocycles. The topological polar surface area (TPSA) is 92.9 Å². The molecule has 2 aromatic carbocycles. The fourth-order valence-electron chi connectivity index (χ4n) is 2.99. The summed E-state index contributed by atoms with van der Waals surface area (Å²) in [4.78, 5) is 36.1. The molecule has 3 rings (SSSR count). The van der Waals surface area contributed by atoms with Crippen molar-refractivity contribution < 1.29 is 14.5 Å². The van der Waals surface area contributed by atoms with E-state index < -0.39 is 16.7 Å². The van der Waals surface area contributed by atoms with Crippen molar-refractivity contribution in [2.45, 2.75) is 26.7 Å². The van der Waals surface area contributed by atoms with Crippen molar-refractivity contribution >= 4 is 34.5 Å². The highest BCUT2D eigenvalue weighted by atomic mass is 16.6. The van der Waals surface area contributed by atoms with E-state index in [1.165, 1.54) is 12.1 Å². The minimum absolute atomic E-state index is 0.129. The standard InChI is InChI=1S/C18H17N3O4/c1-3-11(4-2)10-19-20-17(22)13-7-5-6-12-15(21(24)25)9-8-14(16(12)13)18(20)23/h5-11H,3-4H2,1-2H3/b19-10+. The molecule has 25 heavy (non-hydrogen) atoms. The molecule has 0 saturated heterocycles. The summed E-state index contributed by atoms with van der Waals surface area (Å²) in [5, 5.41) is 16.8. The van der Waals surface area contributed by atoms with Gasteiger partial charge < -0.3 is 0 Å². The Kier molecular flexibility index (Phi) is 4.31. The number of hydrogen-bond acceptors (Lipinski definition) is 5. The monoisotopic (exact) mass is 339 g/mol. The van der Waals surface area contributed by atoms with Crippen LogP contribution >= 0.6 is 0 Å². The van der Waals surface area contributed by atoms with Crippen LogP contribution in [-0.2, 0) is 0 Å². The maximum atomic E-state index is 12.7. The average molecular weight is 339 g/mol. The first-order valence-electron chi connectivity index (χ1n) is 8.12. The third kappa shape index (κ3) is 2.67. The lowest BCUT2D eigenvalue weighted by Crippen LogP contribution is -2.36. The predicted octanol–water partition coefficient (Wildman–Crippen LogP) is 3.77. The van der Waals surface area contributed by atoms with Gasteiger partial charge in [0.2, 0.25) is 0 Å². The van der Waals surface area contributed by atoms with Gasteiger partial charge in [-0.1, -0.05) is 19.9 Å². The van der Waals surface area contributed by atoms with Crippen LogP contribution in [0.1, 0.15) is 47.4 Å². The minimum atomic E-state index is -0.564. The number of amides is 2. The van der Waals surface area contributed by atoms with Gasteiger partial charge in [-0.15, -0.1) is 0 Å². The summed E-state index contributed by atoms with van der Waals surface area (Å²) in [6.07, 6.45) is 3.33. The fraction of sp³-hybridized carbons (Fsp3) is 0.278. The molecular formula is C18H17N3O4. The Morgan fingerprint density at radius 1 is 1.12 bits per heavy atom. The number of rotatable bonds is 5. The van der Waals surface area contributed by atoms with Crippen molar-refractivity contribution in [3.63, 3.8) is 0 Å². The predicted molar refractivity (Wildman–Crippen MR) is 93.7 cm³/mol. The molecule has 2 aromatic rings. The second-order valence-electron chi connectivity index (χ2n) is 5.88. The maximum absolute atomic E-state index is 12.7. The van der Waals surface area contributed by atoms with E-state index in [1.54, 1.807) is 24.4 Å². The van der Waals surface area contributed by atoms with Crippen LogP contribution in [0.2, 0.25) is 0 Å². The van der Waals surface area contributed by atoms with Gasteiger partial charge in [0.25, 0.3) is 17.5 Å². The summed E-state index contributed by atoms with van der Waals surface area (Å²) >= 11 is 0. The van der Waals surface area contributed by atoms with Gasteiger partial charge in [0, 0.05) is 17.7 Å². The number of benzene rings is 2. The Bertz CT molecular complexity index is 894. The van der Waals surface area contributed by atoms with E-state index in [0.717, 1.165) is 17.9 Å². The SMILES string of the molecule is CCC(/C=N/N1C(=O)c2cccc3c([N+](=O)[O-])ccc(c23)C1=O)CC. The van der Waals surface area contributed by atoms with Gasteiger partial charge in [0.1, 0.15) is 0 Å². The molecule has 1 heterocycles. The largest absolute Gasteiger partial charge is 0.282 e. The fourth-order valence-corrected chi connectivity index (χ4v) is 2.99. The first-order chi connectivity index (χ1) is 12.0. The average Bonchev–Trinajstić information content (AvgIpc) is 2.62. The Morgan fingerprint density at radius 2 is 1.76 bits per heavy atom. The van der Waals surface area contributed by atoms with Crippen molar-refractivity contribution in [2.24, 2.45) is 11.0 Å². The summed E-state index contributed by atoms with van der Waals surface area (Å²) in [5.41, 5.74) is 0.366. The second kappa shape index (κ2) is 6.43. The number of nitrogens with zero attached hydrogens (tertiary/aromatic N) is 3. The Hall–Kier alpha value is -3.09. The highest BCUT2D eigenvalue weighted by Gasteiger charge is 2.34. The van der Waals surface area contributed by atoms with Crippen LogP contribution in [0.15, 0.2) is 35.4 Å². The molecule has 0 bridgehead atoms. The molecule has 0 radical (unpaired) electrons. The molecule has 0 atom stereocenters. The van der Waals surface area contributed by atoms with E-state index in [0.29, 0.717) is 5.39 Å². The zero-order valence-corrected chi connectivity index (χ0v) is 13.9. The van der Waals surface area contributed by atoms with E-state index in [2.05, 4.69) is 5.10 Å². The maximum Gasteiger partial charge on any atom is 0.282 e. The van der Waals surface area contributed by atoms with Gasteiger partial charge in [-0.25, -0.2) is 0 Å². The van der Waals surface area contributed by atoms with Gasteiger partial charge in [-0.3, -0.25) is 19.7 Å². The molecule has 0 aromatic heterocycles.